The number of benzene rings is 1. The van der Waals surface area contributed by atoms with Gasteiger partial charge in [0.2, 0.25) is 5.91 Å². The molecule has 0 aromatic heterocycles. The Labute approximate surface area is 101 Å². The van der Waals surface area contributed by atoms with E-state index in [9.17, 15) is 4.79 Å². The Balaban J connectivity index is 2.38. The standard InChI is InChI=1S/C13H18N2O2/c1-10-2-4-11(5-3-10)13(12(16)15-14)6-8-17-9-7-13/h2-5H,6-9,14H2,1H3,(H,15,16). The molecule has 0 radical (unpaired) electrons. The van der Waals surface area contributed by atoms with Gasteiger partial charge >= 0.3 is 0 Å². The quantitative estimate of drug-likeness (QED) is 0.456. The predicted molar refractivity (Wildman–Crippen MR) is 65.2 cm³/mol. The zero-order chi connectivity index (χ0) is 12.3. The van der Waals surface area contributed by atoms with E-state index in [1.165, 1.54) is 5.56 Å². The maximum atomic E-state index is 12.1. The number of nitrogens with two attached hydrogens (primary N) is 1. The average molecular weight is 234 g/mol. The molecular formula is C13H18N2O2. The zero-order valence-electron chi connectivity index (χ0n) is 10.0. The third-order valence-corrected chi connectivity index (χ3v) is 3.52. The molecule has 1 heterocycles. The van der Waals surface area contributed by atoms with Gasteiger partial charge in [0.05, 0.1) is 5.41 Å². The molecule has 0 aliphatic carbocycles. The lowest BCUT2D eigenvalue weighted by Crippen LogP contribution is -2.50. The van der Waals surface area contributed by atoms with Crippen molar-refractivity contribution in [1.82, 2.24) is 5.43 Å². The van der Waals surface area contributed by atoms with Gasteiger partial charge in [-0.3, -0.25) is 10.2 Å². The zero-order valence-corrected chi connectivity index (χ0v) is 10.0. The normalized spacial score (nSPS) is 18.7. The molecule has 0 atom stereocenters. The Morgan fingerprint density at radius 3 is 2.41 bits per heavy atom. The van der Waals surface area contributed by atoms with Crippen LogP contribution in [0.2, 0.25) is 0 Å². The van der Waals surface area contributed by atoms with Crippen molar-refractivity contribution in [2.75, 3.05) is 13.2 Å². The Morgan fingerprint density at radius 1 is 1.29 bits per heavy atom. The fourth-order valence-corrected chi connectivity index (χ4v) is 2.38. The Bertz CT molecular complexity index is 394. The van der Waals surface area contributed by atoms with Crippen LogP contribution in [0.25, 0.3) is 0 Å². The summed E-state index contributed by atoms with van der Waals surface area (Å²) in [5.74, 6) is 5.19. The van der Waals surface area contributed by atoms with Crippen molar-refractivity contribution in [3.8, 4) is 0 Å². The van der Waals surface area contributed by atoms with Gasteiger partial charge in [-0.25, -0.2) is 5.84 Å². The first kappa shape index (κ1) is 12.1. The second-order valence-electron chi connectivity index (χ2n) is 4.53. The SMILES string of the molecule is Cc1ccc(C2(C(=O)NN)CCOCC2)cc1. The Hall–Kier alpha value is -1.39. The number of nitrogens with one attached hydrogen (secondary N) is 1. The molecule has 4 heteroatoms. The van der Waals surface area contributed by atoms with E-state index in [1.807, 2.05) is 31.2 Å². The fraction of sp³-hybridized carbons (Fsp3) is 0.462. The molecule has 1 fully saturated rings. The van der Waals surface area contributed by atoms with E-state index < -0.39 is 5.41 Å². The van der Waals surface area contributed by atoms with E-state index in [1.54, 1.807) is 0 Å². The minimum absolute atomic E-state index is 0.121. The molecular weight excluding hydrogens is 216 g/mol. The summed E-state index contributed by atoms with van der Waals surface area (Å²) in [6, 6.07) is 8.07. The van der Waals surface area contributed by atoms with E-state index >= 15 is 0 Å². The van der Waals surface area contributed by atoms with E-state index in [-0.39, 0.29) is 5.91 Å². The number of hydrazine groups is 1. The van der Waals surface area contributed by atoms with Crippen LogP contribution < -0.4 is 11.3 Å². The van der Waals surface area contributed by atoms with Gasteiger partial charge in [-0.2, -0.15) is 0 Å². The third-order valence-electron chi connectivity index (χ3n) is 3.52. The first-order valence-corrected chi connectivity index (χ1v) is 5.85. The van der Waals surface area contributed by atoms with Crippen LogP contribution in [0, 0.1) is 6.92 Å². The van der Waals surface area contributed by atoms with E-state index in [0.29, 0.717) is 26.1 Å². The molecule has 92 valence electrons. The molecule has 1 aliphatic heterocycles. The summed E-state index contributed by atoms with van der Waals surface area (Å²) in [6.45, 7) is 3.23. The lowest BCUT2D eigenvalue weighted by molar-refractivity contribution is -0.130. The number of rotatable bonds is 2. The first-order valence-electron chi connectivity index (χ1n) is 5.85. The summed E-state index contributed by atoms with van der Waals surface area (Å²) in [5, 5.41) is 0. The van der Waals surface area contributed by atoms with Crippen LogP contribution >= 0.6 is 0 Å². The second-order valence-corrected chi connectivity index (χ2v) is 4.53. The number of ether oxygens (including phenoxy) is 1. The summed E-state index contributed by atoms with van der Waals surface area (Å²) in [6.07, 6.45) is 1.36. The molecule has 3 N–H and O–H groups in total. The number of hydrogen-bond acceptors (Lipinski definition) is 3. The van der Waals surface area contributed by atoms with Crippen LogP contribution in [0.4, 0.5) is 0 Å². The maximum Gasteiger partial charge on any atom is 0.244 e. The van der Waals surface area contributed by atoms with Crippen molar-refractivity contribution in [2.24, 2.45) is 5.84 Å². The molecule has 1 aromatic rings. The molecule has 17 heavy (non-hydrogen) atoms. The third kappa shape index (κ3) is 2.18. The Morgan fingerprint density at radius 2 is 1.88 bits per heavy atom. The highest BCUT2D eigenvalue weighted by atomic mass is 16.5. The van der Waals surface area contributed by atoms with Gasteiger partial charge in [0.15, 0.2) is 0 Å². The van der Waals surface area contributed by atoms with Crippen molar-refractivity contribution in [3.05, 3.63) is 35.4 Å². The van der Waals surface area contributed by atoms with Crippen molar-refractivity contribution in [3.63, 3.8) is 0 Å². The van der Waals surface area contributed by atoms with Crippen molar-refractivity contribution < 1.29 is 9.53 Å². The minimum atomic E-state index is -0.527. The molecule has 4 nitrogen and oxygen atoms in total. The summed E-state index contributed by atoms with van der Waals surface area (Å²) >= 11 is 0. The molecule has 0 spiro atoms. The van der Waals surface area contributed by atoms with Crippen LogP contribution in [0.1, 0.15) is 24.0 Å². The largest absolute Gasteiger partial charge is 0.381 e. The van der Waals surface area contributed by atoms with E-state index in [0.717, 1.165) is 5.56 Å². The summed E-state index contributed by atoms with van der Waals surface area (Å²) in [4.78, 5) is 12.1. The highest BCUT2D eigenvalue weighted by Crippen LogP contribution is 2.35. The lowest BCUT2D eigenvalue weighted by atomic mass is 9.73. The average Bonchev–Trinajstić information content (AvgIpc) is 2.39. The van der Waals surface area contributed by atoms with Crippen LogP contribution in [0.3, 0.4) is 0 Å². The topological polar surface area (TPSA) is 64.4 Å². The minimum Gasteiger partial charge on any atom is -0.381 e. The number of carbonyl (C=O) groups excluding carboxylic acids is 1. The van der Waals surface area contributed by atoms with Crippen LogP contribution in [-0.4, -0.2) is 19.1 Å². The highest BCUT2D eigenvalue weighted by Gasteiger charge is 2.41. The van der Waals surface area contributed by atoms with Crippen molar-refractivity contribution in [1.29, 1.82) is 0 Å². The van der Waals surface area contributed by atoms with Crippen LogP contribution in [0.15, 0.2) is 24.3 Å². The monoisotopic (exact) mass is 234 g/mol. The molecule has 0 unspecified atom stereocenters. The van der Waals surface area contributed by atoms with Gasteiger partial charge in [0, 0.05) is 13.2 Å². The van der Waals surface area contributed by atoms with Gasteiger partial charge in [-0.15, -0.1) is 0 Å². The number of amides is 1. The molecule has 1 aliphatic rings. The van der Waals surface area contributed by atoms with Crippen LogP contribution in [-0.2, 0) is 14.9 Å². The first-order chi connectivity index (χ1) is 8.19. The highest BCUT2D eigenvalue weighted by molar-refractivity contribution is 5.87. The second kappa shape index (κ2) is 4.85. The number of carbonyl (C=O) groups is 1. The van der Waals surface area contributed by atoms with Crippen LogP contribution in [0.5, 0.6) is 0 Å². The van der Waals surface area contributed by atoms with Gasteiger partial charge in [-0.1, -0.05) is 29.8 Å². The van der Waals surface area contributed by atoms with Gasteiger partial charge < -0.3 is 4.74 Å². The Kier molecular flexibility index (Phi) is 3.45. The predicted octanol–water partition coefficient (Wildman–Crippen LogP) is 1.03. The van der Waals surface area contributed by atoms with Crippen molar-refractivity contribution in [2.45, 2.75) is 25.2 Å². The fourth-order valence-electron chi connectivity index (χ4n) is 2.38. The molecule has 0 saturated carbocycles. The molecule has 0 bridgehead atoms. The maximum absolute atomic E-state index is 12.1. The van der Waals surface area contributed by atoms with Crippen molar-refractivity contribution >= 4 is 5.91 Å². The molecule has 2 rings (SSSR count). The smallest absolute Gasteiger partial charge is 0.244 e. The van der Waals surface area contributed by atoms with E-state index in [2.05, 4.69) is 5.43 Å². The van der Waals surface area contributed by atoms with Gasteiger partial charge in [0.1, 0.15) is 0 Å². The van der Waals surface area contributed by atoms with E-state index in [4.69, 9.17) is 10.6 Å². The number of aryl methyl sites for hydroxylation is 1. The lowest BCUT2D eigenvalue weighted by Gasteiger charge is -2.35. The summed E-state index contributed by atoms with van der Waals surface area (Å²) in [5.41, 5.74) is 3.97. The summed E-state index contributed by atoms with van der Waals surface area (Å²) < 4.78 is 5.34. The molecule has 1 saturated heterocycles. The molecule has 1 amide bonds. The van der Waals surface area contributed by atoms with Gasteiger partial charge in [0.25, 0.3) is 0 Å². The van der Waals surface area contributed by atoms with Gasteiger partial charge in [-0.05, 0) is 25.3 Å². The summed E-state index contributed by atoms with van der Waals surface area (Å²) in [7, 11) is 0. The number of hydrogen-bond donors (Lipinski definition) is 2. The molecule has 1 aromatic carbocycles.